The predicted molar refractivity (Wildman–Crippen MR) is 60.3 cm³/mol. The fourth-order valence-corrected chi connectivity index (χ4v) is 1.41. The van der Waals surface area contributed by atoms with Gasteiger partial charge >= 0.3 is 0 Å². The van der Waals surface area contributed by atoms with E-state index in [0.717, 1.165) is 11.1 Å². The third-order valence-electron chi connectivity index (χ3n) is 2.82. The maximum Gasteiger partial charge on any atom is 0.0970 e. The largest absolute Gasteiger partial charge is 0.387 e. The summed E-state index contributed by atoms with van der Waals surface area (Å²) in [6.45, 7) is 7.52. The van der Waals surface area contributed by atoms with E-state index in [9.17, 15) is 5.11 Å². The van der Waals surface area contributed by atoms with E-state index < -0.39 is 11.5 Å². The van der Waals surface area contributed by atoms with Crippen molar-refractivity contribution in [3.63, 3.8) is 0 Å². The summed E-state index contributed by atoms with van der Waals surface area (Å²) < 4.78 is 0. The maximum absolute atomic E-state index is 10.0. The number of rotatable bonds is 2. The Morgan fingerprint density at radius 3 is 2.33 bits per heavy atom. The number of nitriles is 1. The van der Waals surface area contributed by atoms with E-state index in [2.05, 4.69) is 6.07 Å². The minimum absolute atomic E-state index is 0.734. The minimum atomic E-state index is -0.748. The predicted octanol–water partition coefficient (Wildman–Crippen LogP) is 2.89. The van der Waals surface area contributed by atoms with E-state index in [1.807, 2.05) is 32.0 Å². The lowest BCUT2D eigenvalue weighted by atomic mass is 9.83. The Balaban J connectivity index is 3.08. The molecule has 0 radical (unpaired) electrons. The van der Waals surface area contributed by atoms with Crippen molar-refractivity contribution in [2.75, 3.05) is 0 Å². The lowest BCUT2D eigenvalue weighted by Gasteiger charge is -2.23. The van der Waals surface area contributed by atoms with E-state index in [4.69, 9.17) is 5.26 Å². The van der Waals surface area contributed by atoms with Crippen LogP contribution < -0.4 is 0 Å². The Morgan fingerprint density at radius 1 is 1.27 bits per heavy atom. The van der Waals surface area contributed by atoms with Gasteiger partial charge in [-0.1, -0.05) is 18.2 Å². The zero-order valence-corrected chi connectivity index (χ0v) is 9.70. The first-order chi connectivity index (χ1) is 6.88. The molecule has 0 fully saturated rings. The van der Waals surface area contributed by atoms with Crippen LogP contribution in [0.2, 0.25) is 0 Å². The monoisotopic (exact) mass is 203 g/mol. The Bertz CT molecular complexity index is 401. The molecule has 1 unspecified atom stereocenters. The Kier molecular flexibility index (Phi) is 3.16. The summed E-state index contributed by atoms with van der Waals surface area (Å²) in [7, 11) is 0. The van der Waals surface area contributed by atoms with Crippen molar-refractivity contribution >= 4 is 0 Å². The fourth-order valence-electron chi connectivity index (χ4n) is 1.41. The molecule has 0 aromatic heterocycles. The summed E-state index contributed by atoms with van der Waals surface area (Å²) in [6, 6.07) is 7.92. The van der Waals surface area contributed by atoms with Gasteiger partial charge in [0, 0.05) is 0 Å². The molecule has 80 valence electrons. The average Bonchev–Trinajstić information content (AvgIpc) is 2.21. The molecule has 1 N–H and O–H groups in total. The SMILES string of the molecule is Cc1ccc(C(O)C(C)(C)C#N)cc1C. The van der Waals surface area contributed by atoms with E-state index >= 15 is 0 Å². The molecule has 1 atom stereocenters. The number of benzene rings is 1. The molecule has 0 aliphatic rings. The zero-order valence-electron chi connectivity index (χ0n) is 9.70. The third-order valence-corrected chi connectivity index (χ3v) is 2.82. The molecule has 0 heterocycles. The second-order valence-electron chi connectivity index (χ2n) is 4.58. The molecule has 15 heavy (non-hydrogen) atoms. The summed E-state index contributed by atoms with van der Waals surface area (Å²) in [5.74, 6) is 0. The van der Waals surface area contributed by atoms with Gasteiger partial charge in [-0.15, -0.1) is 0 Å². The van der Waals surface area contributed by atoms with Crippen LogP contribution in [0.25, 0.3) is 0 Å². The second kappa shape index (κ2) is 4.04. The van der Waals surface area contributed by atoms with Gasteiger partial charge in [0.2, 0.25) is 0 Å². The smallest absolute Gasteiger partial charge is 0.0970 e. The van der Waals surface area contributed by atoms with Crippen molar-refractivity contribution in [1.82, 2.24) is 0 Å². The molecular formula is C13H17NO. The van der Waals surface area contributed by atoms with Gasteiger partial charge < -0.3 is 5.11 Å². The van der Waals surface area contributed by atoms with Crippen molar-refractivity contribution in [1.29, 1.82) is 5.26 Å². The topological polar surface area (TPSA) is 44.0 Å². The molecule has 1 aromatic rings. The van der Waals surface area contributed by atoms with Crippen LogP contribution in [-0.4, -0.2) is 5.11 Å². The van der Waals surface area contributed by atoms with Gasteiger partial charge in [-0.05, 0) is 44.4 Å². The molecule has 0 aliphatic heterocycles. The van der Waals surface area contributed by atoms with Gasteiger partial charge in [0.25, 0.3) is 0 Å². The lowest BCUT2D eigenvalue weighted by Crippen LogP contribution is -2.19. The molecule has 0 bridgehead atoms. The van der Waals surface area contributed by atoms with Crippen LogP contribution in [0.4, 0.5) is 0 Å². The first-order valence-electron chi connectivity index (χ1n) is 5.05. The van der Waals surface area contributed by atoms with E-state index in [1.165, 1.54) is 5.56 Å². The van der Waals surface area contributed by atoms with Crippen LogP contribution in [0.3, 0.4) is 0 Å². The summed E-state index contributed by atoms with van der Waals surface area (Å²) in [6.07, 6.45) is -0.734. The van der Waals surface area contributed by atoms with Crippen LogP contribution in [0.5, 0.6) is 0 Å². The van der Waals surface area contributed by atoms with Crippen LogP contribution in [0.15, 0.2) is 18.2 Å². The van der Waals surface area contributed by atoms with Crippen molar-refractivity contribution < 1.29 is 5.11 Å². The fraction of sp³-hybridized carbons (Fsp3) is 0.462. The van der Waals surface area contributed by atoms with Crippen molar-refractivity contribution in [2.24, 2.45) is 5.41 Å². The number of aliphatic hydroxyl groups excluding tert-OH is 1. The zero-order chi connectivity index (χ0) is 11.6. The molecule has 0 spiro atoms. The van der Waals surface area contributed by atoms with Crippen molar-refractivity contribution in [3.8, 4) is 6.07 Å². The summed E-state index contributed by atoms with van der Waals surface area (Å²) in [5.41, 5.74) is 2.40. The van der Waals surface area contributed by atoms with Gasteiger partial charge in [0.1, 0.15) is 0 Å². The van der Waals surface area contributed by atoms with Gasteiger partial charge in [0.15, 0.2) is 0 Å². The second-order valence-corrected chi connectivity index (χ2v) is 4.58. The first kappa shape index (κ1) is 11.7. The minimum Gasteiger partial charge on any atom is -0.387 e. The van der Waals surface area contributed by atoms with Gasteiger partial charge in [-0.3, -0.25) is 0 Å². The van der Waals surface area contributed by atoms with Crippen molar-refractivity contribution in [3.05, 3.63) is 34.9 Å². The van der Waals surface area contributed by atoms with Crippen molar-refractivity contribution in [2.45, 2.75) is 33.8 Å². The maximum atomic E-state index is 10.0. The molecule has 1 aromatic carbocycles. The molecule has 2 nitrogen and oxygen atoms in total. The standard InChI is InChI=1S/C13H17NO/c1-9-5-6-11(7-10(9)2)12(15)13(3,4)8-14/h5-7,12,15H,1-4H3. The normalized spacial score (nSPS) is 13.3. The number of hydrogen-bond donors (Lipinski definition) is 1. The van der Waals surface area contributed by atoms with E-state index in [-0.39, 0.29) is 0 Å². The number of nitrogens with zero attached hydrogens (tertiary/aromatic N) is 1. The van der Waals surface area contributed by atoms with Gasteiger partial charge in [0.05, 0.1) is 17.6 Å². The molecule has 0 aliphatic carbocycles. The Hall–Kier alpha value is -1.33. The average molecular weight is 203 g/mol. The van der Waals surface area contributed by atoms with E-state index in [0.29, 0.717) is 0 Å². The van der Waals surface area contributed by atoms with Gasteiger partial charge in [-0.25, -0.2) is 0 Å². The molecule has 2 heteroatoms. The molecular weight excluding hydrogens is 186 g/mol. The summed E-state index contributed by atoms with van der Waals surface area (Å²) in [5, 5.41) is 19.0. The first-order valence-corrected chi connectivity index (χ1v) is 5.05. The molecule has 0 amide bonds. The molecule has 0 saturated carbocycles. The van der Waals surface area contributed by atoms with Crippen LogP contribution >= 0.6 is 0 Å². The number of hydrogen-bond acceptors (Lipinski definition) is 2. The lowest BCUT2D eigenvalue weighted by molar-refractivity contribution is 0.0867. The highest BCUT2D eigenvalue weighted by Gasteiger charge is 2.28. The quantitative estimate of drug-likeness (QED) is 0.803. The van der Waals surface area contributed by atoms with Gasteiger partial charge in [-0.2, -0.15) is 5.26 Å². The van der Waals surface area contributed by atoms with Crippen LogP contribution in [0, 0.1) is 30.6 Å². The van der Waals surface area contributed by atoms with Crippen LogP contribution in [-0.2, 0) is 0 Å². The third kappa shape index (κ3) is 2.37. The Labute approximate surface area is 91.2 Å². The van der Waals surface area contributed by atoms with Crippen LogP contribution in [0.1, 0.15) is 36.6 Å². The highest BCUT2D eigenvalue weighted by molar-refractivity contribution is 5.32. The molecule has 0 saturated heterocycles. The molecule has 1 rings (SSSR count). The summed E-state index contributed by atoms with van der Waals surface area (Å²) in [4.78, 5) is 0. The van der Waals surface area contributed by atoms with E-state index in [1.54, 1.807) is 13.8 Å². The highest BCUT2D eigenvalue weighted by Crippen LogP contribution is 2.33. The number of aryl methyl sites for hydroxylation is 2. The Morgan fingerprint density at radius 2 is 1.87 bits per heavy atom. The summed E-state index contributed by atoms with van der Waals surface area (Å²) >= 11 is 0. The number of aliphatic hydroxyl groups is 1. The highest BCUT2D eigenvalue weighted by atomic mass is 16.3.